The van der Waals surface area contributed by atoms with E-state index in [0.717, 1.165) is 44.2 Å². The molecule has 0 spiro atoms. The van der Waals surface area contributed by atoms with E-state index in [1.807, 2.05) is 48.5 Å². The Morgan fingerprint density at radius 1 is 0.212 bits per heavy atom. The van der Waals surface area contributed by atoms with Crippen LogP contribution in [0.25, 0.3) is 111 Å². The summed E-state index contributed by atoms with van der Waals surface area (Å²) in [7, 11) is -1.47. The molecular formula is C96H70BBrN4O2. The number of hydrogen-bond acceptors (Lipinski definition) is 4. The molecule has 0 amide bonds. The van der Waals surface area contributed by atoms with Gasteiger partial charge >= 0.3 is 7.12 Å². The number of rotatable bonds is 14. The SMILES string of the molecule is Brc1ccc(-c2ccc3c(c2)c2ccccc2n3-c2ccccc2)cc1.OB(O)c1ccc(N(c2ccccc2)c2ccc(-c3ccccc3)cc2)cc1.c1ccc(-c2ccc(N(c3ccccc3)c3ccc(-c4ccc(-c5ccc6c(c5)c5ccccc5n6-c5ccccc5)cc4)cc3)cc2)cc1. The molecule has 0 saturated carbocycles. The van der Waals surface area contributed by atoms with Gasteiger partial charge in [-0.1, -0.05) is 283 Å². The van der Waals surface area contributed by atoms with E-state index < -0.39 is 7.12 Å². The highest BCUT2D eigenvalue weighted by Gasteiger charge is 2.19. The Morgan fingerprint density at radius 3 is 0.798 bits per heavy atom. The van der Waals surface area contributed by atoms with Crippen molar-refractivity contribution >= 4 is 106 Å². The van der Waals surface area contributed by atoms with Crippen LogP contribution in [0, 0.1) is 0 Å². The summed E-state index contributed by atoms with van der Waals surface area (Å²) in [6, 6.07) is 144. The van der Waals surface area contributed by atoms with E-state index in [4.69, 9.17) is 0 Å². The van der Waals surface area contributed by atoms with E-state index in [1.165, 1.54) is 105 Å². The summed E-state index contributed by atoms with van der Waals surface area (Å²) in [5.74, 6) is 0. The normalized spacial score (nSPS) is 11.0. The molecule has 18 aromatic rings. The van der Waals surface area contributed by atoms with Crippen molar-refractivity contribution in [3.8, 4) is 67.0 Å². The molecule has 2 N–H and O–H groups in total. The predicted molar refractivity (Wildman–Crippen MR) is 442 cm³/mol. The summed E-state index contributed by atoms with van der Waals surface area (Å²) in [4.78, 5) is 4.45. The first-order chi connectivity index (χ1) is 51.3. The van der Waals surface area contributed by atoms with Crippen LogP contribution in [0.15, 0.2) is 417 Å². The Morgan fingerprint density at radius 2 is 0.452 bits per heavy atom. The third-order valence-corrected chi connectivity index (χ3v) is 19.7. The number of fused-ring (bicyclic) bond motifs is 6. The van der Waals surface area contributed by atoms with Crippen LogP contribution in [0.2, 0.25) is 0 Å². The van der Waals surface area contributed by atoms with Gasteiger partial charge < -0.3 is 29.0 Å². The van der Waals surface area contributed by atoms with Gasteiger partial charge in [0.1, 0.15) is 0 Å². The van der Waals surface area contributed by atoms with Crippen molar-refractivity contribution in [2.24, 2.45) is 0 Å². The topological polar surface area (TPSA) is 56.8 Å². The zero-order valence-electron chi connectivity index (χ0n) is 56.9. The minimum atomic E-state index is -1.47. The molecule has 16 aromatic carbocycles. The quantitative estimate of drug-likeness (QED) is 0.107. The van der Waals surface area contributed by atoms with Crippen molar-refractivity contribution in [2.45, 2.75) is 0 Å². The van der Waals surface area contributed by atoms with Crippen LogP contribution >= 0.6 is 15.9 Å². The fourth-order valence-electron chi connectivity index (χ4n) is 14.0. The first kappa shape index (κ1) is 65.8. The maximum atomic E-state index is 9.37. The van der Waals surface area contributed by atoms with E-state index in [9.17, 15) is 10.0 Å². The smallest absolute Gasteiger partial charge is 0.423 e. The minimum absolute atomic E-state index is 0.469. The van der Waals surface area contributed by atoms with Crippen LogP contribution in [0.5, 0.6) is 0 Å². The third-order valence-electron chi connectivity index (χ3n) is 19.2. The highest BCUT2D eigenvalue weighted by molar-refractivity contribution is 9.10. The molecule has 2 heterocycles. The van der Waals surface area contributed by atoms with Crippen molar-refractivity contribution in [2.75, 3.05) is 9.80 Å². The molecule has 8 heteroatoms. The molecule has 104 heavy (non-hydrogen) atoms. The average Bonchev–Trinajstić information content (AvgIpc) is 1.59. The number of aromatic nitrogens is 2. The lowest BCUT2D eigenvalue weighted by Gasteiger charge is -2.26. The fourth-order valence-corrected chi connectivity index (χ4v) is 14.3. The van der Waals surface area contributed by atoms with Gasteiger partial charge in [-0.15, -0.1) is 0 Å². The molecule has 0 fully saturated rings. The van der Waals surface area contributed by atoms with Gasteiger partial charge in [-0.25, -0.2) is 0 Å². The van der Waals surface area contributed by atoms with Crippen molar-refractivity contribution in [3.63, 3.8) is 0 Å². The van der Waals surface area contributed by atoms with Crippen LogP contribution in [0.3, 0.4) is 0 Å². The fraction of sp³-hybridized carbons (Fsp3) is 0. The molecule has 18 rings (SSSR count). The van der Waals surface area contributed by atoms with Crippen LogP contribution in [-0.2, 0) is 0 Å². The number of para-hydroxylation sites is 6. The lowest BCUT2D eigenvalue weighted by atomic mass is 9.80. The van der Waals surface area contributed by atoms with Gasteiger partial charge in [0.05, 0.1) is 22.1 Å². The molecule has 0 aliphatic carbocycles. The van der Waals surface area contributed by atoms with Gasteiger partial charge in [0, 0.05) is 71.5 Å². The summed E-state index contributed by atoms with van der Waals surface area (Å²) in [6.07, 6.45) is 0. The number of hydrogen-bond donors (Lipinski definition) is 2. The molecular weight excluding hydrogens is 1330 g/mol. The van der Waals surface area contributed by atoms with Crippen molar-refractivity contribution in [1.82, 2.24) is 9.13 Å². The summed E-state index contributed by atoms with van der Waals surface area (Å²) < 4.78 is 5.80. The van der Waals surface area contributed by atoms with Crippen LogP contribution < -0.4 is 15.3 Å². The van der Waals surface area contributed by atoms with Crippen LogP contribution in [-0.4, -0.2) is 26.3 Å². The van der Waals surface area contributed by atoms with E-state index in [2.05, 4.69) is 387 Å². The second kappa shape index (κ2) is 30.2. The van der Waals surface area contributed by atoms with Gasteiger partial charge in [0.25, 0.3) is 0 Å². The number of nitrogens with zero attached hydrogens (tertiary/aromatic N) is 4. The summed E-state index contributed by atoms with van der Waals surface area (Å²) in [6.45, 7) is 0. The largest absolute Gasteiger partial charge is 0.488 e. The standard InChI is InChI=1S/C48H34N2.C24H20BNO2.C24H16BrN/c1-4-12-35(13-5-1)37-24-29-43(30-25-37)49(41-14-6-2-7-15-41)44-31-26-38(27-32-44)36-20-22-39(23-21-36)40-28-33-48-46(34-40)45-18-10-11-19-47(45)50(48)42-16-8-3-9-17-42;27-25(28)21-13-17-24(18-14-21)26(22-9-5-2-6-10-22)23-15-11-20(12-16-23)19-7-3-1-4-8-19;25-19-13-10-17(11-14-19)18-12-15-24-22(16-18)21-8-4-5-9-23(21)26(24)20-6-2-1-3-7-20/h1-34H;1-18,27-28H;1-16H. The molecule has 0 bridgehead atoms. The first-order valence-corrected chi connectivity index (χ1v) is 35.7. The Labute approximate surface area is 615 Å². The zero-order chi connectivity index (χ0) is 70.1. The monoisotopic (exact) mass is 1400 g/mol. The summed E-state index contributed by atoms with van der Waals surface area (Å²) in [5, 5.41) is 23.8. The average molecular weight is 1400 g/mol. The number of halogens is 1. The van der Waals surface area contributed by atoms with E-state index in [0.29, 0.717) is 5.46 Å². The van der Waals surface area contributed by atoms with Crippen LogP contribution in [0.1, 0.15) is 0 Å². The predicted octanol–water partition coefficient (Wildman–Crippen LogP) is 25.0. The summed E-state index contributed by atoms with van der Waals surface area (Å²) >= 11 is 3.52. The van der Waals surface area contributed by atoms with Gasteiger partial charge in [0.2, 0.25) is 0 Å². The number of anilines is 6. The van der Waals surface area contributed by atoms with Gasteiger partial charge in [-0.05, 0) is 207 Å². The van der Waals surface area contributed by atoms with Crippen molar-refractivity contribution < 1.29 is 10.0 Å². The van der Waals surface area contributed by atoms with E-state index in [-0.39, 0.29) is 0 Å². The lowest BCUT2D eigenvalue weighted by molar-refractivity contribution is 0.426. The molecule has 6 nitrogen and oxygen atoms in total. The highest BCUT2D eigenvalue weighted by atomic mass is 79.9. The van der Waals surface area contributed by atoms with Crippen LogP contribution in [0.4, 0.5) is 34.1 Å². The highest BCUT2D eigenvalue weighted by Crippen LogP contribution is 2.41. The molecule has 0 radical (unpaired) electrons. The van der Waals surface area contributed by atoms with Gasteiger partial charge in [-0.3, -0.25) is 0 Å². The van der Waals surface area contributed by atoms with E-state index in [1.54, 1.807) is 12.1 Å². The molecule has 0 aliphatic heterocycles. The molecule has 0 aliphatic rings. The number of benzene rings is 16. The van der Waals surface area contributed by atoms with E-state index >= 15 is 0 Å². The third kappa shape index (κ3) is 13.9. The van der Waals surface area contributed by atoms with Gasteiger partial charge in [0.15, 0.2) is 0 Å². The lowest BCUT2D eigenvalue weighted by Crippen LogP contribution is -2.29. The Kier molecular flexibility index (Phi) is 19.1. The zero-order valence-corrected chi connectivity index (χ0v) is 58.5. The Hall–Kier alpha value is -12.8. The maximum absolute atomic E-state index is 9.37. The molecule has 2 aromatic heterocycles. The molecule has 0 saturated heterocycles. The molecule has 0 unspecified atom stereocenters. The molecule has 496 valence electrons. The summed E-state index contributed by atoms with van der Waals surface area (Å²) in [5.41, 5.74) is 26.2. The maximum Gasteiger partial charge on any atom is 0.488 e. The Balaban J connectivity index is 0.000000131. The van der Waals surface area contributed by atoms with Crippen molar-refractivity contribution in [1.29, 1.82) is 0 Å². The second-order valence-corrected chi connectivity index (χ2v) is 26.5. The molecule has 0 atom stereocenters. The first-order valence-electron chi connectivity index (χ1n) is 35.0. The minimum Gasteiger partial charge on any atom is -0.423 e. The Bertz CT molecular complexity index is 5890. The van der Waals surface area contributed by atoms with Gasteiger partial charge in [-0.2, -0.15) is 0 Å². The van der Waals surface area contributed by atoms with Crippen molar-refractivity contribution in [3.05, 3.63) is 417 Å². The second-order valence-electron chi connectivity index (χ2n) is 25.6.